The molecule has 2 saturated carbocycles. The topological polar surface area (TPSA) is 143 Å². The van der Waals surface area contributed by atoms with Crippen LogP contribution in [-0.2, 0) is 30.6 Å². The average Bonchev–Trinajstić information content (AvgIpc) is 3.40. The molecule has 3 N–H and O–H groups in total. The molecule has 0 aromatic heterocycles. The summed E-state index contributed by atoms with van der Waals surface area (Å²) in [5.41, 5.74) is 0.858. The first-order valence-electron chi connectivity index (χ1n) is 16.1. The first-order chi connectivity index (χ1) is 22.2. The van der Waals surface area contributed by atoms with Gasteiger partial charge in [0.2, 0.25) is 17.6 Å². The molecule has 0 radical (unpaired) electrons. The minimum atomic E-state index is -1.17. The van der Waals surface area contributed by atoms with E-state index in [1.807, 2.05) is 0 Å². The van der Waals surface area contributed by atoms with E-state index >= 15 is 0 Å². The van der Waals surface area contributed by atoms with E-state index in [4.69, 9.17) is 9.47 Å². The van der Waals surface area contributed by atoms with Crippen LogP contribution < -0.4 is 25.4 Å². The Morgan fingerprint density at radius 1 is 0.935 bits per heavy atom. The first kappa shape index (κ1) is 31.5. The Balaban J connectivity index is 1.08. The zero-order chi connectivity index (χ0) is 32.2. The van der Waals surface area contributed by atoms with Crippen molar-refractivity contribution in [2.45, 2.75) is 69.7 Å². The molecule has 0 spiro atoms. The normalized spacial score (nSPS) is 24.1. The van der Waals surface area contributed by atoms with Gasteiger partial charge >= 0.3 is 0 Å². The largest absolute Gasteiger partial charge is 0.489 e. The highest BCUT2D eigenvalue weighted by atomic mass is 19.1. The summed E-state index contributed by atoms with van der Waals surface area (Å²) in [5, 5.41) is 8.22. The predicted molar refractivity (Wildman–Crippen MR) is 163 cm³/mol. The van der Waals surface area contributed by atoms with Gasteiger partial charge in [0.05, 0.1) is 6.04 Å². The Kier molecular flexibility index (Phi) is 9.51. The summed E-state index contributed by atoms with van der Waals surface area (Å²) in [7, 11) is 0. The van der Waals surface area contributed by atoms with E-state index in [0.29, 0.717) is 31.0 Å². The van der Waals surface area contributed by atoms with E-state index < -0.39 is 35.6 Å². The van der Waals surface area contributed by atoms with Crippen LogP contribution in [0.2, 0.25) is 0 Å². The number of hydrogen-bond acceptors (Lipinski definition) is 7. The molecule has 2 aliphatic heterocycles. The van der Waals surface area contributed by atoms with Crippen LogP contribution in [0.4, 0.5) is 4.39 Å². The van der Waals surface area contributed by atoms with Gasteiger partial charge in [-0.1, -0.05) is 18.6 Å². The van der Waals surface area contributed by atoms with Crippen molar-refractivity contribution in [1.29, 1.82) is 0 Å². The molecule has 6 rings (SSSR count). The number of amides is 4. The Hall–Kier alpha value is -4.48. The molecule has 2 heterocycles. The number of carbonyl (C=O) groups excluding carboxylic acids is 5. The summed E-state index contributed by atoms with van der Waals surface area (Å²) in [6, 6.07) is 10.8. The van der Waals surface area contributed by atoms with Crippen LogP contribution in [0, 0.1) is 23.6 Å². The summed E-state index contributed by atoms with van der Waals surface area (Å²) >= 11 is 0. The Morgan fingerprint density at radius 3 is 2.35 bits per heavy atom. The highest BCUT2D eigenvalue weighted by Crippen LogP contribution is 2.42. The number of benzene rings is 2. The number of carbonyl (C=O) groups is 5. The van der Waals surface area contributed by atoms with Crippen molar-refractivity contribution in [3.8, 4) is 11.5 Å². The molecule has 4 aliphatic rings. The fourth-order valence-corrected chi connectivity index (χ4v) is 6.79. The lowest BCUT2D eigenvalue weighted by atomic mass is 9.91. The summed E-state index contributed by atoms with van der Waals surface area (Å²) in [5.74, 6) is -2.26. The molecule has 2 saturated heterocycles. The summed E-state index contributed by atoms with van der Waals surface area (Å²) in [6.07, 6.45) is 4.78. The highest BCUT2D eigenvalue weighted by molar-refractivity contribution is 6.38. The molecule has 11 nitrogen and oxygen atoms in total. The fourth-order valence-electron chi connectivity index (χ4n) is 6.79. The van der Waals surface area contributed by atoms with Gasteiger partial charge in [-0.25, -0.2) is 4.39 Å². The molecule has 0 bridgehead atoms. The third-order valence-electron chi connectivity index (χ3n) is 9.44. The second-order valence-electron chi connectivity index (χ2n) is 12.7. The Morgan fingerprint density at radius 2 is 1.65 bits per heavy atom. The van der Waals surface area contributed by atoms with Crippen molar-refractivity contribution in [2.75, 3.05) is 19.7 Å². The standard InChI is InChI=1S/C34H39FN4O7/c35-23-6-12-26(13-7-23)45-18-20-4-10-25(11-5-20)46-19-29(40)39-17-22-2-1-3-27(22)30(39)33(43)38-28(16-21-14-15-36-32(21)42)31(41)34(44)37-24-8-9-24/h4-7,10-13,21-22,24,27-28,30H,1-3,8-9,14-19H2,(H,36,42)(H,37,44)(H,38,43)/t21-,22-,27-,28-,30-/m0/s1. The second-order valence-corrected chi connectivity index (χ2v) is 12.7. The van der Waals surface area contributed by atoms with Crippen molar-refractivity contribution in [3.05, 3.63) is 59.9 Å². The lowest BCUT2D eigenvalue weighted by Crippen LogP contribution is -2.55. The first-order valence-corrected chi connectivity index (χ1v) is 16.1. The van der Waals surface area contributed by atoms with E-state index in [2.05, 4.69) is 16.0 Å². The molecule has 0 unspecified atom stereocenters. The van der Waals surface area contributed by atoms with Crippen LogP contribution >= 0.6 is 0 Å². The van der Waals surface area contributed by atoms with Crippen LogP contribution in [0.25, 0.3) is 0 Å². The number of ether oxygens (including phenoxy) is 2. The number of hydrogen-bond donors (Lipinski definition) is 3. The molecule has 2 aliphatic carbocycles. The number of likely N-dealkylation sites (tertiary alicyclic amines) is 1. The van der Waals surface area contributed by atoms with Crippen LogP contribution in [0.1, 0.15) is 50.5 Å². The van der Waals surface area contributed by atoms with Gasteiger partial charge in [0.25, 0.3) is 11.8 Å². The molecule has 5 atom stereocenters. The van der Waals surface area contributed by atoms with E-state index in [1.54, 1.807) is 41.3 Å². The van der Waals surface area contributed by atoms with Gasteiger partial charge in [-0.3, -0.25) is 24.0 Å². The van der Waals surface area contributed by atoms with E-state index in [9.17, 15) is 28.4 Å². The monoisotopic (exact) mass is 634 g/mol. The van der Waals surface area contributed by atoms with Crippen molar-refractivity contribution in [1.82, 2.24) is 20.9 Å². The second kappa shape index (κ2) is 13.9. The molecule has 4 fully saturated rings. The molecule has 12 heteroatoms. The molecule has 2 aromatic rings. The predicted octanol–water partition coefficient (Wildman–Crippen LogP) is 2.27. The van der Waals surface area contributed by atoms with E-state index in [-0.39, 0.29) is 55.1 Å². The van der Waals surface area contributed by atoms with E-state index in [1.165, 1.54) is 12.1 Å². The number of rotatable bonds is 13. The number of fused-ring (bicyclic) bond motifs is 1. The Labute approximate surface area is 266 Å². The Bertz CT molecular complexity index is 1460. The van der Waals surface area contributed by atoms with Crippen molar-refractivity contribution in [2.24, 2.45) is 17.8 Å². The van der Waals surface area contributed by atoms with Crippen LogP contribution in [0.3, 0.4) is 0 Å². The zero-order valence-corrected chi connectivity index (χ0v) is 25.5. The molecule has 46 heavy (non-hydrogen) atoms. The fraction of sp³-hybridized carbons (Fsp3) is 0.500. The molecular formula is C34H39FN4O7. The quantitative estimate of drug-likeness (QED) is 0.287. The molecule has 4 amide bonds. The number of ketones is 1. The number of nitrogens with zero attached hydrogens (tertiary/aromatic N) is 1. The van der Waals surface area contributed by atoms with Crippen molar-refractivity contribution >= 4 is 29.4 Å². The van der Waals surface area contributed by atoms with Gasteiger partial charge in [-0.15, -0.1) is 0 Å². The highest BCUT2D eigenvalue weighted by Gasteiger charge is 2.50. The summed E-state index contributed by atoms with van der Waals surface area (Å²) < 4.78 is 24.6. The minimum absolute atomic E-state index is 0.0251. The van der Waals surface area contributed by atoms with Gasteiger partial charge in [-0.2, -0.15) is 0 Å². The smallest absolute Gasteiger partial charge is 0.289 e. The number of nitrogens with one attached hydrogen (secondary N) is 3. The van der Waals surface area contributed by atoms with Crippen molar-refractivity contribution in [3.63, 3.8) is 0 Å². The summed E-state index contributed by atoms with van der Waals surface area (Å²) in [4.78, 5) is 67.1. The van der Waals surface area contributed by atoms with Gasteiger partial charge in [0, 0.05) is 25.0 Å². The SMILES string of the molecule is O=C(NC1CC1)C(=O)[C@H](C[C@@H]1CCNC1=O)NC(=O)[C@@H]1[C@H]2CCC[C@H]2CN1C(=O)COc1ccc(COc2ccc(F)cc2)cc1. The van der Waals surface area contributed by atoms with Gasteiger partial charge in [-0.05, 0) is 92.3 Å². The zero-order valence-electron chi connectivity index (χ0n) is 25.5. The summed E-state index contributed by atoms with van der Waals surface area (Å²) in [6.45, 7) is 0.891. The third kappa shape index (κ3) is 7.48. The number of Topliss-reactive ketones (excluding diaryl/α,β-unsaturated/α-hetero) is 1. The van der Waals surface area contributed by atoms with Gasteiger partial charge in [0.15, 0.2) is 6.61 Å². The minimum Gasteiger partial charge on any atom is -0.489 e. The van der Waals surface area contributed by atoms with Crippen LogP contribution in [0.5, 0.6) is 11.5 Å². The third-order valence-corrected chi connectivity index (χ3v) is 9.44. The lowest BCUT2D eigenvalue weighted by molar-refractivity contribution is -0.143. The lowest BCUT2D eigenvalue weighted by Gasteiger charge is -2.29. The maximum atomic E-state index is 13.9. The number of halogens is 1. The van der Waals surface area contributed by atoms with Crippen LogP contribution in [-0.4, -0.2) is 72.1 Å². The maximum absolute atomic E-state index is 13.9. The van der Waals surface area contributed by atoms with Gasteiger partial charge < -0.3 is 30.3 Å². The average molecular weight is 635 g/mol. The van der Waals surface area contributed by atoms with Crippen LogP contribution in [0.15, 0.2) is 48.5 Å². The van der Waals surface area contributed by atoms with Crippen molar-refractivity contribution < 1.29 is 37.8 Å². The molecular weight excluding hydrogens is 595 g/mol. The molecule has 244 valence electrons. The maximum Gasteiger partial charge on any atom is 0.289 e. The van der Waals surface area contributed by atoms with E-state index in [0.717, 1.165) is 37.7 Å². The van der Waals surface area contributed by atoms with Gasteiger partial charge in [0.1, 0.15) is 30.0 Å². The molecule has 2 aromatic carbocycles.